The molecule has 0 saturated heterocycles. The third-order valence-corrected chi connectivity index (χ3v) is 5.71. The third kappa shape index (κ3) is 4.93. The molecule has 0 aliphatic rings. The lowest BCUT2D eigenvalue weighted by atomic mass is 9.95. The Morgan fingerprint density at radius 1 is 1.00 bits per heavy atom. The molecule has 4 aromatic rings. The highest BCUT2D eigenvalue weighted by molar-refractivity contribution is 5.94. The molecule has 0 bridgehead atoms. The molecule has 34 heavy (non-hydrogen) atoms. The molecule has 8 nitrogen and oxygen atoms in total. The van der Waals surface area contributed by atoms with E-state index in [4.69, 9.17) is 18.6 Å². The number of H-pyrrole nitrogens is 1. The first-order chi connectivity index (χ1) is 16.5. The monoisotopic (exact) mass is 464 g/mol. The number of aromatic amines is 1. The smallest absolute Gasteiger partial charge is 0.247 e. The Labute approximate surface area is 199 Å². The lowest BCUT2D eigenvalue weighted by Crippen LogP contribution is -2.19. The topological polar surface area (TPSA) is 94.4 Å². The van der Waals surface area contributed by atoms with Crippen molar-refractivity contribution in [2.24, 2.45) is 0 Å². The maximum atomic E-state index is 5.91. The van der Waals surface area contributed by atoms with E-state index in [0.717, 1.165) is 34.3 Å². The van der Waals surface area contributed by atoms with Crippen molar-refractivity contribution in [3.8, 4) is 34.2 Å². The van der Waals surface area contributed by atoms with Crippen molar-refractivity contribution in [1.82, 2.24) is 20.5 Å². The first-order valence-electron chi connectivity index (χ1n) is 11.5. The highest BCUT2D eigenvalue weighted by atomic mass is 16.5. The minimum Gasteiger partial charge on any atom is -0.493 e. The standard InChI is InChI=1S/C26H32N4O4/c1-6-33-12-11-27-15-23-29-30-26(34-23)18-7-9-20-19(13-18)24(16(2)3)25(28-20)17-8-10-21(31-4)22(14-17)32-5/h7-10,13-14,16,27-28H,6,11-12,15H2,1-5H3. The summed E-state index contributed by atoms with van der Waals surface area (Å²) in [6, 6.07) is 12.1. The van der Waals surface area contributed by atoms with Gasteiger partial charge in [0.05, 0.1) is 33.1 Å². The Hall–Kier alpha value is -3.36. The second-order valence-corrected chi connectivity index (χ2v) is 8.27. The molecule has 0 amide bonds. The summed E-state index contributed by atoms with van der Waals surface area (Å²) in [6.07, 6.45) is 0. The number of hydrogen-bond acceptors (Lipinski definition) is 7. The van der Waals surface area contributed by atoms with Crippen molar-refractivity contribution in [3.63, 3.8) is 0 Å². The Kier molecular flexibility index (Phi) is 7.49. The van der Waals surface area contributed by atoms with Crippen molar-refractivity contribution < 1.29 is 18.6 Å². The number of hydrogen-bond donors (Lipinski definition) is 2. The molecule has 2 N–H and O–H groups in total. The molecule has 4 rings (SSSR count). The van der Waals surface area contributed by atoms with Gasteiger partial charge >= 0.3 is 0 Å². The van der Waals surface area contributed by atoms with Gasteiger partial charge in [-0.15, -0.1) is 10.2 Å². The number of benzene rings is 2. The second-order valence-electron chi connectivity index (χ2n) is 8.27. The molecule has 0 atom stereocenters. The number of nitrogens with one attached hydrogen (secondary N) is 2. The number of fused-ring (bicyclic) bond motifs is 1. The van der Waals surface area contributed by atoms with Crippen molar-refractivity contribution in [2.75, 3.05) is 34.0 Å². The van der Waals surface area contributed by atoms with E-state index in [-0.39, 0.29) is 0 Å². The summed E-state index contributed by atoms with van der Waals surface area (Å²) >= 11 is 0. The average molecular weight is 465 g/mol. The molecule has 0 saturated carbocycles. The summed E-state index contributed by atoms with van der Waals surface area (Å²) < 4.78 is 22.2. The van der Waals surface area contributed by atoms with Crippen LogP contribution in [0.15, 0.2) is 40.8 Å². The molecular weight excluding hydrogens is 432 g/mol. The van der Waals surface area contributed by atoms with E-state index in [2.05, 4.69) is 46.5 Å². The number of rotatable bonds is 11. The fourth-order valence-electron chi connectivity index (χ4n) is 4.09. The normalized spacial score (nSPS) is 11.5. The molecule has 0 fully saturated rings. The molecule has 2 aromatic carbocycles. The summed E-state index contributed by atoms with van der Waals surface area (Å²) in [5.41, 5.74) is 5.27. The van der Waals surface area contributed by atoms with Crippen LogP contribution in [0.5, 0.6) is 11.5 Å². The van der Waals surface area contributed by atoms with Crippen LogP contribution in [0.2, 0.25) is 0 Å². The fraction of sp³-hybridized carbons (Fsp3) is 0.385. The zero-order valence-electron chi connectivity index (χ0n) is 20.4. The van der Waals surface area contributed by atoms with Crippen LogP contribution < -0.4 is 14.8 Å². The fourth-order valence-corrected chi connectivity index (χ4v) is 4.09. The lowest BCUT2D eigenvalue weighted by Gasteiger charge is -2.12. The van der Waals surface area contributed by atoms with Gasteiger partial charge in [0.2, 0.25) is 11.8 Å². The molecule has 2 aromatic heterocycles. The summed E-state index contributed by atoms with van der Waals surface area (Å²) in [4.78, 5) is 3.59. The van der Waals surface area contributed by atoms with Crippen LogP contribution in [0.1, 0.15) is 38.1 Å². The number of ether oxygens (including phenoxy) is 3. The predicted octanol–water partition coefficient (Wildman–Crippen LogP) is 5.15. The molecule has 0 radical (unpaired) electrons. The summed E-state index contributed by atoms with van der Waals surface area (Å²) in [5.74, 6) is 2.75. The highest BCUT2D eigenvalue weighted by Crippen LogP contribution is 2.40. The highest BCUT2D eigenvalue weighted by Gasteiger charge is 2.19. The zero-order valence-corrected chi connectivity index (χ0v) is 20.4. The van der Waals surface area contributed by atoms with Crippen LogP contribution in [0.4, 0.5) is 0 Å². The van der Waals surface area contributed by atoms with Gasteiger partial charge in [0.25, 0.3) is 0 Å². The molecule has 2 heterocycles. The Morgan fingerprint density at radius 2 is 1.79 bits per heavy atom. The lowest BCUT2D eigenvalue weighted by molar-refractivity contribution is 0.148. The first-order valence-corrected chi connectivity index (χ1v) is 11.5. The van der Waals surface area contributed by atoms with E-state index in [9.17, 15) is 0 Å². The minimum absolute atomic E-state index is 0.292. The van der Waals surface area contributed by atoms with Gasteiger partial charge in [0.15, 0.2) is 11.5 Å². The van der Waals surface area contributed by atoms with Gasteiger partial charge in [-0.2, -0.15) is 0 Å². The summed E-state index contributed by atoms with van der Waals surface area (Å²) in [5, 5.41) is 12.8. The molecule has 0 aliphatic carbocycles. The van der Waals surface area contributed by atoms with E-state index >= 15 is 0 Å². The van der Waals surface area contributed by atoms with E-state index in [1.165, 1.54) is 5.56 Å². The van der Waals surface area contributed by atoms with E-state index in [1.54, 1.807) is 14.2 Å². The largest absolute Gasteiger partial charge is 0.493 e. The van der Waals surface area contributed by atoms with Crippen LogP contribution in [0, 0.1) is 0 Å². The van der Waals surface area contributed by atoms with E-state index < -0.39 is 0 Å². The zero-order chi connectivity index (χ0) is 24.1. The van der Waals surface area contributed by atoms with Gasteiger partial charge < -0.3 is 28.9 Å². The molecule has 0 aliphatic heterocycles. The molecular formula is C26H32N4O4. The predicted molar refractivity (Wildman–Crippen MR) is 132 cm³/mol. The van der Waals surface area contributed by atoms with Crippen LogP contribution in [0.3, 0.4) is 0 Å². The van der Waals surface area contributed by atoms with Crippen molar-refractivity contribution in [1.29, 1.82) is 0 Å². The van der Waals surface area contributed by atoms with Gasteiger partial charge in [-0.05, 0) is 54.8 Å². The van der Waals surface area contributed by atoms with Crippen molar-refractivity contribution in [2.45, 2.75) is 33.2 Å². The number of nitrogens with zero attached hydrogens (tertiary/aromatic N) is 2. The SMILES string of the molecule is CCOCCNCc1nnc(-c2ccc3[nH]c(-c4ccc(OC)c(OC)c4)c(C(C)C)c3c2)o1. The van der Waals surface area contributed by atoms with Gasteiger partial charge in [-0.3, -0.25) is 0 Å². The third-order valence-electron chi connectivity index (χ3n) is 5.71. The second kappa shape index (κ2) is 10.7. The number of aromatic nitrogens is 3. The maximum Gasteiger partial charge on any atom is 0.247 e. The number of methoxy groups -OCH3 is 2. The first kappa shape index (κ1) is 23.8. The van der Waals surface area contributed by atoms with Crippen LogP contribution >= 0.6 is 0 Å². The summed E-state index contributed by atoms with van der Waals surface area (Å²) in [6.45, 7) is 8.97. The maximum absolute atomic E-state index is 5.91. The van der Waals surface area contributed by atoms with Crippen molar-refractivity contribution >= 4 is 10.9 Å². The van der Waals surface area contributed by atoms with Gasteiger partial charge in [0, 0.05) is 35.2 Å². The summed E-state index contributed by atoms with van der Waals surface area (Å²) in [7, 11) is 3.29. The van der Waals surface area contributed by atoms with E-state index in [1.807, 2.05) is 31.2 Å². The van der Waals surface area contributed by atoms with E-state index in [0.29, 0.717) is 49.0 Å². The van der Waals surface area contributed by atoms with Crippen LogP contribution in [-0.4, -0.2) is 49.2 Å². The Bertz CT molecular complexity index is 1250. The Balaban J connectivity index is 1.65. The van der Waals surface area contributed by atoms with Gasteiger partial charge in [-0.25, -0.2) is 0 Å². The van der Waals surface area contributed by atoms with Crippen LogP contribution in [-0.2, 0) is 11.3 Å². The van der Waals surface area contributed by atoms with Gasteiger partial charge in [0.1, 0.15) is 0 Å². The molecule has 8 heteroatoms. The Morgan fingerprint density at radius 3 is 2.53 bits per heavy atom. The van der Waals surface area contributed by atoms with Crippen molar-refractivity contribution in [3.05, 3.63) is 47.9 Å². The molecule has 0 unspecified atom stereocenters. The molecule has 0 spiro atoms. The van der Waals surface area contributed by atoms with Crippen LogP contribution in [0.25, 0.3) is 33.6 Å². The average Bonchev–Trinajstić information content (AvgIpc) is 3.48. The molecule has 180 valence electrons. The van der Waals surface area contributed by atoms with Gasteiger partial charge in [-0.1, -0.05) is 13.8 Å². The quantitative estimate of drug-likeness (QED) is 0.296. The minimum atomic E-state index is 0.292.